The highest BCUT2D eigenvalue weighted by molar-refractivity contribution is 5.62. The van der Waals surface area contributed by atoms with Crippen molar-refractivity contribution in [3.63, 3.8) is 0 Å². The molecule has 0 aliphatic rings. The average molecular weight is 299 g/mol. The van der Waals surface area contributed by atoms with Crippen molar-refractivity contribution in [2.24, 2.45) is 0 Å². The monoisotopic (exact) mass is 299 g/mol. The largest absolute Gasteiger partial charge is 0.411 e. The van der Waals surface area contributed by atoms with Crippen LogP contribution in [0.15, 0.2) is 36.5 Å². The normalized spacial score (nSPS) is 11.8. The third kappa shape index (κ3) is 5.20. The van der Waals surface area contributed by atoms with E-state index in [2.05, 4.69) is 20.3 Å². The van der Waals surface area contributed by atoms with E-state index in [4.69, 9.17) is 0 Å². The van der Waals surface area contributed by atoms with Crippen LogP contribution in [0.25, 0.3) is 11.3 Å². The Balaban J connectivity index is 1.76. The number of aromatic nitrogens is 2. The van der Waals surface area contributed by atoms with Crippen molar-refractivity contribution in [1.29, 1.82) is 0 Å². The minimum absolute atomic E-state index is 0.0119. The van der Waals surface area contributed by atoms with Gasteiger partial charge in [0, 0.05) is 18.7 Å². The van der Waals surface area contributed by atoms with Gasteiger partial charge in [-0.3, -0.25) is 5.10 Å². The van der Waals surface area contributed by atoms with Crippen LogP contribution in [0, 0.1) is 0 Å². The van der Waals surface area contributed by atoms with Crippen molar-refractivity contribution in [3.05, 3.63) is 42.1 Å². The summed E-state index contributed by atoms with van der Waals surface area (Å²) in [6, 6.07) is 9.71. The molecule has 0 spiro atoms. The zero-order valence-electron chi connectivity index (χ0n) is 11.3. The molecule has 0 radical (unpaired) electrons. The van der Waals surface area contributed by atoms with Crippen LogP contribution in [0.4, 0.5) is 13.2 Å². The van der Waals surface area contributed by atoms with E-state index >= 15 is 0 Å². The van der Waals surface area contributed by atoms with Gasteiger partial charge in [0.15, 0.2) is 0 Å². The maximum atomic E-state index is 11.9. The second kappa shape index (κ2) is 7.24. The number of ether oxygens (including phenoxy) is 1. The Kier molecular flexibility index (Phi) is 5.35. The first-order chi connectivity index (χ1) is 10.1. The second-order valence-corrected chi connectivity index (χ2v) is 4.48. The quantitative estimate of drug-likeness (QED) is 0.773. The molecule has 1 aromatic heterocycles. The Morgan fingerprint density at radius 3 is 2.67 bits per heavy atom. The van der Waals surface area contributed by atoms with Crippen LogP contribution in [-0.2, 0) is 11.3 Å². The van der Waals surface area contributed by atoms with Gasteiger partial charge in [0.05, 0.1) is 18.5 Å². The first-order valence-corrected chi connectivity index (χ1v) is 6.49. The Hall–Kier alpha value is -1.86. The summed E-state index contributed by atoms with van der Waals surface area (Å²) in [6.07, 6.45) is -2.57. The minimum atomic E-state index is -4.27. The highest BCUT2D eigenvalue weighted by atomic mass is 19.4. The summed E-state index contributed by atoms with van der Waals surface area (Å²) < 4.78 is 40.1. The molecule has 0 bridgehead atoms. The lowest BCUT2D eigenvalue weighted by Crippen LogP contribution is -2.23. The molecular weight excluding hydrogens is 283 g/mol. The van der Waals surface area contributed by atoms with Gasteiger partial charge in [0.25, 0.3) is 0 Å². The number of halogens is 3. The molecule has 1 aromatic carbocycles. The van der Waals surface area contributed by atoms with Gasteiger partial charge >= 0.3 is 6.18 Å². The molecule has 0 saturated heterocycles. The molecule has 0 aliphatic heterocycles. The number of nitrogens with one attached hydrogen (secondary N) is 2. The first-order valence-electron chi connectivity index (χ1n) is 6.49. The molecule has 0 unspecified atom stereocenters. The predicted octanol–water partition coefficient (Wildman–Crippen LogP) is 2.75. The molecule has 7 heteroatoms. The molecule has 0 atom stereocenters. The summed E-state index contributed by atoms with van der Waals surface area (Å²) in [5.74, 6) is 0. The van der Waals surface area contributed by atoms with E-state index in [9.17, 15) is 13.2 Å². The van der Waals surface area contributed by atoms with Crippen molar-refractivity contribution in [3.8, 4) is 11.3 Å². The number of alkyl halides is 3. The molecule has 2 N–H and O–H groups in total. The lowest BCUT2D eigenvalue weighted by Gasteiger charge is -2.08. The number of rotatable bonds is 7. The van der Waals surface area contributed by atoms with E-state index in [0.717, 1.165) is 16.8 Å². The van der Waals surface area contributed by atoms with E-state index in [0.29, 0.717) is 13.1 Å². The van der Waals surface area contributed by atoms with Crippen molar-refractivity contribution in [2.75, 3.05) is 19.8 Å². The summed E-state index contributed by atoms with van der Waals surface area (Å²) >= 11 is 0. The summed E-state index contributed by atoms with van der Waals surface area (Å²) in [4.78, 5) is 0. The van der Waals surface area contributed by atoms with Gasteiger partial charge in [-0.2, -0.15) is 18.3 Å². The van der Waals surface area contributed by atoms with Crippen molar-refractivity contribution in [1.82, 2.24) is 15.5 Å². The molecule has 114 valence electrons. The fraction of sp³-hybridized carbons (Fsp3) is 0.357. The van der Waals surface area contributed by atoms with E-state index in [1.807, 2.05) is 30.3 Å². The van der Waals surface area contributed by atoms with Gasteiger partial charge in [0.2, 0.25) is 0 Å². The molecule has 21 heavy (non-hydrogen) atoms. The van der Waals surface area contributed by atoms with Gasteiger partial charge in [-0.05, 0) is 5.56 Å². The van der Waals surface area contributed by atoms with Crippen LogP contribution in [-0.4, -0.2) is 36.1 Å². The highest BCUT2D eigenvalue weighted by Gasteiger charge is 2.27. The maximum absolute atomic E-state index is 11.9. The first kappa shape index (κ1) is 15.5. The zero-order valence-corrected chi connectivity index (χ0v) is 11.3. The van der Waals surface area contributed by atoms with Gasteiger partial charge in [0.1, 0.15) is 6.61 Å². The van der Waals surface area contributed by atoms with Crippen LogP contribution < -0.4 is 5.32 Å². The number of H-pyrrole nitrogens is 1. The Bertz CT molecular complexity index is 540. The number of hydrogen-bond acceptors (Lipinski definition) is 3. The van der Waals surface area contributed by atoms with Gasteiger partial charge < -0.3 is 10.1 Å². The average Bonchev–Trinajstić information content (AvgIpc) is 2.91. The summed E-state index contributed by atoms with van der Waals surface area (Å²) in [5.41, 5.74) is 2.87. The van der Waals surface area contributed by atoms with E-state index in [-0.39, 0.29) is 6.61 Å². The second-order valence-electron chi connectivity index (χ2n) is 4.48. The number of hydrogen-bond donors (Lipinski definition) is 2. The van der Waals surface area contributed by atoms with Crippen LogP contribution >= 0.6 is 0 Å². The molecule has 0 saturated carbocycles. The van der Waals surface area contributed by atoms with Gasteiger partial charge in [-0.1, -0.05) is 30.3 Å². The van der Waals surface area contributed by atoms with Crippen molar-refractivity contribution < 1.29 is 17.9 Å². The van der Waals surface area contributed by atoms with Crippen molar-refractivity contribution in [2.45, 2.75) is 12.7 Å². The maximum Gasteiger partial charge on any atom is 0.411 e. The Morgan fingerprint density at radius 2 is 1.95 bits per heavy atom. The predicted molar refractivity (Wildman–Crippen MR) is 72.6 cm³/mol. The van der Waals surface area contributed by atoms with Crippen LogP contribution in [0.2, 0.25) is 0 Å². The topological polar surface area (TPSA) is 49.9 Å². The number of aromatic amines is 1. The third-order valence-corrected chi connectivity index (χ3v) is 2.78. The number of nitrogens with zero attached hydrogens (tertiary/aromatic N) is 1. The SMILES string of the molecule is FC(F)(F)COCCNCc1cn[nH]c1-c1ccccc1. The van der Waals surface area contributed by atoms with Crippen LogP contribution in [0.3, 0.4) is 0 Å². The van der Waals surface area contributed by atoms with E-state index < -0.39 is 12.8 Å². The van der Waals surface area contributed by atoms with Crippen LogP contribution in [0.5, 0.6) is 0 Å². The molecule has 2 aromatic rings. The molecule has 1 heterocycles. The van der Waals surface area contributed by atoms with Crippen molar-refractivity contribution >= 4 is 0 Å². The lowest BCUT2D eigenvalue weighted by molar-refractivity contribution is -0.173. The van der Waals surface area contributed by atoms with Crippen LogP contribution in [0.1, 0.15) is 5.56 Å². The van der Waals surface area contributed by atoms with E-state index in [1.54, 1.807) is 6.20 Å². The smallest absolute Gasteiger partial charge is 0.371 e. The fourth-order valence-electron chi connectivity index (χ4n) is 1.86. The molecule has 0 fully saturated rings. The lowest BCUT2D eigenvalue weighted by atomic mass is 10.1. The summed E-state index contributed by atoms with van der Waals surface area (Å²) in [7, 11) is 0. The number of benzene rings is 1. The summed E-state index contributed by atoms with van der Waals surface area (Å²) in [6.45, 7) is -0.348. The Labute approximate surface area is 120 Å². The molecular formula is C14H16F3N3O. The molecule has 2 rings (SSSR count). The molecule has 4 nitrogen and oxygen atoms in total. The zero-order chi connectivity index (χ0) is 15.1. The Morgan fingerprint density at radius 1 is 1.19 bits per heavy atom. The van der Waals surface area contributed by atoms with Gasteiger partial charge in [-0.15, -0.1) is 0 Å². The fourth-order valence-corrected chi connectivity index (χ4v) is 1.86. The molecule has 0 aliphatic carbocycles. The third-order valence-electron chi connectivity index (χ3n) is 2.78. The van der Waals surface area contributed by atoms with E-state index in [1.165, 1.54) is 0 Å². The standard InChI is InChI=1S/C14H16F3N3O/c15-14(16,17)10-21-7-6-18-8-12-9-19-20-13(12)11-4-2-1-3-5-11/h1-5,9,18H,6-8,10H2,(H,19,20). The van der Waals surface area contributed by atoms with Gasteiger partial charge in [-0.25, -0.2) is 0 Å². The minimum Gasteiger partial charge on any atom is -0.371 e. The molecule has 0 amide bonds. The highest BCUT2D eigenvalue weighted by Crippen LogP contribution is 2.20. The summed E-state index contributed by atoms with van der Waals surface area (Å²) in [5, 5.41) is 9.96.